The van der Waals surface area contributed by atoms with Crippen molar-refractivity contribution in [2.24, 2.45) is 5.92 Å². The maximum atomic E-state index is 11.6. The van der Waals surface area contributed by atoms with Gasteiger partial charge in [-0.2, -0.15) is 0 Å². The Hall–Kier alpha value is -0.610. The molecule has 1 rings (SSSR count). The molecule has 1 aliphatic heterocycles. The monoisotopic (exact) mass is 228 g/mol. The van der Waals surface area contributed by atoms with Crippen LogP contribution in [0.25, 0.3) is 0 Å². The first-order chi connectivity index (χ1) is 7.74. The SMILES string of the molecule is CCCOCCC(=O)NC(C)C1CCNC1. The second-order valence-electron chi connectivity index (χ2n) is 4.47. The Morgan fingerprint density at radius 3 is 3.00 bits per heavy atom. The van der Waals surface area contributed by atoms with E-state index in [0.29, 0.717) is 18.9 Å². The minimum absolute atomic E-state index is 0.107. The zero-order chi connectivity index (χ0) is 11.8. The molecule has 1 saturated heterocycles. The van der Waals surface area contributed by atoms with E-state index in [1.165, 1.54) is 0 Å². The van der Waals surface area contributed by atoms with Crippen LogP contribution >= 0.6 is 0 Å². The maximum absolute atomic E-state index is 11.6. The highest BCUT2D eigenvalue weighted by Crippen LogP contribution is 2.12. The molecule has 0 spiro atoms. The molecule has 2 atom stereocenters. The minimum Gasteiger partial charge on any atom is -0.381 e. The van der Waals surface area contributed by atoms with Gasteiger partial charge in [-0.3, -0.25) is 4.79 Å². The van der Waals surface area contributed by atoms with Crippen LogP contribution in [0.5, 0.6) is 0 Å². The summed E-state index contributed by atoms with van der Waals surface area (Å²) in [6, 6.07) is 0.272. The summed E-state index contributed by atoms with van der Waals surface area (Å²) in [5, 5.41) is 6.35. The molecular formula is C12H24N2O2. The average molecular weight is 228 g/mol. The van der Waals surface area contributed by atoms with Gasteiger partial charge in [-0.25, -0.2) is 0 Å². The van der Waals surface area contributed by atoms with E-state index >= 15 is 0 Å². The lowest BCUT2D eigenvalue weighted by molar-refractivity contribution is -0.123. The smallest absolute Gasteiger partial charge is 0.222 e. The number of hydrogen-bond acceptors (Lipinski definition) is 3. The van der Waals surface area contributed by atoms with E-state index in [2.05, 4.69) is 24.5 Å². The third kappa shape index (κ3) is 4.94. The molecule has 4 nitrogen and oxygen atoms in total. The van der Waals surface area contributed by atoms with Crippen molar-refractivity contribution >= 4 is 5.91 Å². The summed E-state index contributed by atoms with van der Waals surface area (Å²) in [5.74, 6) is 0.691. The lowest BCUT2D eigenvalue weighted by Gasteiger charge is -2.19. The topological polar surface area (TPSA) is 50.4 Å². The van der Waals surface area contributed by atoms with E-state index < -0.39 is 0 Å². The van der Waals surface area contributed by atoms with Crippen molar-refractivity contribution in [1.82, 2.24) is 10.6 Å². The summed E-state index contributed by atoms with van der Waals surface area (Å²) >= 11 is 0. The molecule has 0 aliphatic carbocycles. The molecule has 0 saturated carbocycles. The van der Waals surface area contributed by atoms with Gasteiger partial charge in [0.1, 0.15) is 0 Å². The Morgan fingerprint density at radius 2 is 2.38 bits per heavy atom. The molecule has 0 aromatic heterocycles. The van der Waals surface area contributed by atoms with E-state index in [-0.39, 0.29) is 11.9 Å². The maximum Gasteiger partial charge on any atom is 0.222 e. The normalized spacial score (nSPS) is 22.0. The summed E-state index contributed by atoms with van der Waals surface area (Å²) in [5.41, 5.74) is 0. The van der Waals surface area contributed by atoms with E-state index in [1.807, 2.05) is 0 Å². The molecule has 94 valence electrons. The fourth-order valence-corrected chi connectivity index (χ4v) is 1.96. The highest BCUT2D eigenvalue weighted by atomic mass is 16.5. The van der Waals surface area contributed by atoms with Crippen LogP contribution in [0.1, 0.15) is 33.1 Å². The predicted octanol–water partition coefficient (Wildman–Crippen LogP) is 0.917. The average Bonchev–Trinajstić information content (AvgIpc) is 2.77. The van der Waals surface area contributed by atoms with E-state index in [0.717, 1.165) is 32.5 Å². The van der Waals surface area contributed by atoms with Crippen LogP contribution in [0.15, 0.2) is 0 Å². The Morgan fingerprint density at radius 1 is 1.56 bits per heavy atom. The van der Waals surface area contributed by atoms with Gasteiger partial charge in [0, 0.05) is 19.1 Å². The largest absolute Gasteiger partial charge is 0.381 e. The Labute approximate surface area is 98.1 Å². The molecule has 0 aromatic rings. The van der Waals surface area contributed by atoms with E-state index in [9.17, 15) is 4.79 Å². The van der Waals surface area contributed by atoms with Crippen LogP contribution in [0.4, 0.5) is 0 Å². The molecule has 16 heavy (non-hydrogen) atoms. The van der Waals surface area contributed by atoms with Gasteiger partial charge in [-0.15, -0.1) is 0 Å². The van der Waals surface area contributed by atoms with E-state index in [4.69, 9.17) is 4.74 Å². The van der Waals surface area contributed by atoms with Gasteiger partial charge in [0.05, 0.1) is 6.61 Å². The molecule has 0 aromatic carbocycles. The number of hydrogen-bond donors (Lipinski definition) is 2. The number of carbonyl (C=O) groups is 1. The van der Waals surface area contributed by atoms with Crippen molar-refractivity contribution in [3.8, 4) is 0 Å². The zero-order valence-corrected chi connectivity index (χ0v) is 10.4. The molecular weight excluding hydrogens is 204 g/mol. The zero-order valence-electron chi connectivity index (χ0n) is 10.4. The van der Waals surface area contributed by atoms with E-state index in [1.54, 1.807) is 0 Å². The van der Waals surface area contributed by atoms with Crippen molar-refractivity contribution < 1.29 is 9.53 Å². The summed E-state index contributed by atoms with van der Waals surface area (Å²) in [6.07, 6.45) is 2.64. The molecule has 1 aliphatic rings. The first kappa shape index (κ1) is 13.5. The van der Waals surface area contributed by atoms with Gasteiger partial charge in [-0.1, -0.05) is 6.92 Å². The van der Waals surface area contributed by atoms with Crippen molar-refractivity contribution in [3.63, 3.8) is 0 Å². The highest BCUT2D eigenvalue weighted by molar-refractivity contribution is 5.76. The Kier molecular flexibility index (Phi) is 6.42. The van der Waals surface area contributed by atoms with Gasteiger partial charge >= 0.3 is 0 Å². The summed E-state index contributed by atoms with van der Waals surface area (Å²) < 4.78 is 5.29. The number of rotatable bonds is 7. The van der Waals surface area contributed by atoms with Gasteiger partial charge in [0.15, 0.2) is 0 Å². The van der Waals surface area contributed by atoms with Gasteiger partial charge < -0.3 is 15.4 Å². The number of carbonyl (C=O) groups excluding carboxylic acids is 1. The fourth-order valence-electron chi connectivity index (χ4n) is 1.96. The van der Waals surface area contributed by atoms with Crippen molar-refractivity contribution in [2.45, 2.75) is 39.2 Å². The van der Waals surface area contributed by atoms with Crippen LogP contribution < -0.4 is 10.6 Å². The molecule has 1 heterocycles. The quantitative estimate of drug-likeness (QED) is 0.637. The molecule has 1 fully saturated rings. The summed E-state index contributed by atoms with van der Waals surface area (Å²) in [7, 11) is 0. The second kappa shape index (κ2) is 7.63. The molecule has 2 N–H and O–H groups in total. The van der Waals surface area contributed by atoms with Gasteiger partial charge in [0.2, 0.25) is 5.91 Å². The number of ether oxygens (including phenoxy) is 1. The van der Waals surface area contributed by atoms with Crippen LogP contribution in [0.2, 0.25) is 0 Å². The third-order valence-corrected chi connectivity index (χ3v) is 3.02. The van der Waals surface area contributed by atoms with Gasteiger partial charge in [-0.05, 0) is 38.8 Å². The number of nitrogens with one attached hydrogen (secondary N) is 2. The van der Waals surface area contributed by atoms with Crippen LogP contribution in [0.3, 0.4) is 0 Å². The first-order valence-corrected chi connectivity index (χ1v) is 6.32. The molecule has 2 unspecified atom stereocenters. The standard InChI is InChI=1S/C12H24N2O2/c1-3-7-16-8-5-12(15)14-10(2)11-4-6-13-9-11/h10-11,13H,3-9H2,1-2H3,(H,14,15). The Bertz CT molecular complexity index is 203. The first-order valence-electron chi connectivity index (χ1n) is 6.32. The Balaban J connectivity index is 2.08. The van der Waals surface area contributed by atoms with Crippen LogP contribution in [-0.4, -0.2) is 38.3 Å². The molecule has 1 amide bonds. The van der Waals surface area contributed by atoms with Crippen LogP contribution in [0, 0.1) is 5.92 Å². The lowest BCUT2D eigenvalue weighted by Crippen LogP contribution is -2.39. The highest BCUT2D eigenvalue weighted by Gasteiger charge is 2.22. The molecule has 4 heteroatoms. The van der Waals surface area contributed by atoms with Crippen molar-refractivity contribution in [1.29, 1.82) is 0 Å². The molecule has 0 bridgehead atoms. The summed E-state index contributed by atoms with van der Waals surface area (Å²) in [4.78, 5) is 11.6. The fraction of sp³-hybridized carbons (Fsp3) is 0.917. The predicted molar refractivity (Wildman–Crippen MR) is 64.3 cm³/mol. The van der Waals surface area contributed by atoms with Crippen LogP contribution in [-0.2, 0) is 9.53 Å². The minimum atomic E-state index is 0.107. The third-order valence-electron chi connectivity index (χ3n) is 3.02. The number of amides is 1. The summed E-state index contributed by atoms with van der Waals surface area (Å²) in [6.45, 7) is 7.53. The van der Waals surface area contributed by atoms with Gasteiger partial charge in [0.25, 0.3) is 0 Å². The van der Waals surface area contributed by atoms with Crippen molar-refractivity contribution in [3.05, 3.63) is 0 Å². The molecule has 0 radical (unpaired) electrons. The lowest BCUT2D eigenvalue weighted by atomic mass is 10.0. The van der Waals surface area contributed by atoms with Crippen molar-refractivity contribution in [2.75, 3.05) is 26.3 Å². The second-order valence-corrected chi connectivity index (χ2v) is 4.47.